The van der Waals surface area contributed by atoms with Crippen LogP contribution in [0.4, 0.5) is 0 Å². The van der Waals surface area contributed by atoms with Crippen LogP contribution >= 0.6 is 15.9 Å². The van der Waals surface area contributed by atoms with Crippen LogP contribution in [0.1, 0.15) is 23.2 Å². The Balaban J connectivity index is 2.01. The SMILES string of the molecule is O=C(NC1CC=CC1)c1cccc(Br)c1. The maximum atomic E-state index is 11.8. The summed E-state index contributed by atoms with van der Waals surface area (Å²) in [7, 11) is 0. The number of hydrogen-bond donors (Lipinski definition) is 1. The van der Waals surface area contributed by atoms with Gasteiger partial charge in [0.05, 0.1) is 0 Å². The fraction of sp³-hybridized carbons (Fsp3) is 0.250. The molecule has 0 atom stereocenters. The predicted molar refractivity (Wildman–Crippen MR) is 63.8 cm³/mol. The monoisotopic (exact) mass is 265 g/mol. The van der Waals surface area contributed by atoms with E-state index in [1.54, 1.807) is 0 Å². The van der Waals surface area contributed by atoms with Crippen LogP contribution < -0.4 is 5.32 Å². The summed E-state index contributed by atoms with van der Waals surface area (Å²) in [5.41, 5.74) is 0.705. The number of nitrogens with one attached hydrogen (secondary N) is 1. The van der Waals surface area contributed by atoms with E-state index >= 15 is 0 Å². The minimum Gasteiger partial charge on any atom is -0.349 e. The van der Waals surface area contributed by atoms with Crippen molar-refractivity contribution in [1.29, 1.82) is 0 Å². The molecular formula is C12H12BrNO. The molecule has 0 saturated heterocycles. The maximum Gasteiger partial charge on any atom is 0.251 e. The van der Waals surface area contributed by atoms with Gasteiger partial charge >= 0.3 is 0 Å². The minimum atomic E-state index is 0.00463. The van der Waals surface area contributed by atoms with Gasteiger partial charge < -0.3 is 5.32 Å². The Morgan fingerprint density at radius 3 is 2.73 bits per heavy atom. The highest BCUT2D eigenvalue weighted by atomic mass is 79.9. The first-order valence-electron chi connectivity index (χ1n) is 4.97. The number of hydrogen-bond acceptors (Lipinski definition) is 1. The fourth-order valence-electron chi connectivity index (χ4n) is 1.63. The van der Waals surface area contributed by atoms with Crippen LogP contribution in [0.25, 0.3) is 0 Å². The molecule has 0 radical (unpaired) electrons. The molecule has 0 fully saturated rings. The van der Waals surface area contributed by atoms with Crippen molar-refractivity contribution in [1.82, 2.24) is 5.32 Å². The van der Waals surface area contributed by atoms with E-state index in [1.165, 1.54) is 0 Å². The molecule has 15 heavy (non-hydrogen) atoms. The molecule has 3 heteroatoms. The summed E-state index contributed by atoms with van der Waals surface area (Å²) in [6.45, 7) is 0. The van der Waals surface area contributed by atoms with Gasteiger partial charge in [0.1, 0.15) is 0 Å². The van der Waals surface area contributed by atoms with Gasteiger partial charge in [0.25, 0.3) is 5.91 Å². The molecule has 0 heterocycles. The number of amides is 1. The fourth-order valence-corrected chi connectivity index (χ4v) is 2.03. The third-order valence-corrected chi connectivity index (χ3v) is 2.92. The lowest BCUT2D eigenvalue weighted by atomic mass is 10.2. The van der Waals surface area contributed by atoms with Crippen LogP contribution in [-0.2, 0) is 0 Å². The summed E-state index contributed by atoms with van der Waals surface area (Å²) in [4.78, 5) is 11.8. The number of rotatable bonds is 2. The third kappa shape index (κ3) is 2.69. The molecular weight excluding hydrogens is 254 g/mol. The number of halogens is 1. The first-order valence-corrected chi connectivity index (χ1v) is 5.76. The Morgan fingerprint density at radius 1 is 1.33 bits per heavy atom. The number of carbonyl (C=O) groups is 1. The van der Waals surface area contributed by atoms with Gasteiger partial charge in [0.15, 0.2) is 0 Å². The van der Waals surface area contributed by atoms with Gasteiger partial charge in [0, 0.05) is 16.1 Å². The molecule has 78 valence electrons. The molecule has 0 aliphatic heterocycles. The van der Waals surface area contributed by atoms with E-state index in [-0.39, 0.29) is 11.9 Å². The van der Waals surface area contributed by atoms with Crippen LogP contribution in [0, 0.1) is 0 Å². The number of carbonyl (C=O) groups excluding carboxylic acids is 1. The molecule has 0 spiro atoms. The van der Waals surface area contributed by atoms with Crippen molar-refractivity contribution in [3.8, 4) is 0 Å². The van der Waals surface area contributed by atoms with Gasteiger partial charge in [-0.05, 0) is 31.0 Å². The molecule has 1 aromatic carbocycles. The molecule has 0 unspecified atom stereocenters. The molecule has 2 rings (SSSR count). The average molecular weight is 266 g/mol. The zero-order chi connectivity index (χ0) is 10.7. The first-order chi connectivity index (χ1) is 7.25. The van der Waals surface area contributed by atoms with Crippen molar-refractivity contribution in [3.05, 3.63) is 46.5 Å². The lowest BCUT2D eigenvalue weighted by Crippen LogP contribution is -2.32. The second-order valence-electron chi connectivity index (χ2n) is 3.62. The summed E-state index contributed by atoms with van der Waals surface area (Å²) >= 11 is 3.35. The van der Waals surface area contributed by atoms with Crippen LogP contribution in [-0.4, -0.2) is 11.9 Å². The van der Waals surface area contributed by atoms with Gasteiger partial charge in [0.2, 0.25) is 0 Å². The molecule has 1 aliphatic carbocycles. The van der Waals surface area contributed by atoms with E-state index in [4.69, 9.17) is 0 Å². The summed E-state index contributed by atoms with van der Waals surface area (Å²) in [5.74, 6) is 0.00463. The zero-order valence-electron chi connectivity index (χ0n) is 8.24. The highest BCUT2D eigenvalue weighted by molar-refractivity contribution is 9.10. The second-order valence-corrected chi connectivity index (χ2v) is 4.54. The van der Waals surface area contributed by atoms with E-state index in [2.05, 4.69) is 33.4 Å². The van der Waals surface area contributed by atoms with Crippen LogP contribution in [0.2, 0.25) is 0 Å². The van der Waals surface area contributed by atoms with Crippen LogP contribution in [0.3, 0.4) is 0 Å². The standard InChI is InChI=1S/C12H12BrNO/c13-10-5-3-4-9(8-10)12(15)14-11-6-1-2-7-11/h1-5,8,11H,6-7H2,(H,14,15). The van der Waals surface area contributed by atoms with Crippen LogP contribution in [0.5, 0.6) is 0 Å². The Morgan fingerprint density at radius 2 is 2.07 bits per heavy atom. The van der Waals surface area contributed by atoms with E-state index in [0.29, 0.717) is 5.56 Å². The minimum absolute atomic E-state index is 0.00463. The molecule has 1 aromatic rings. The molecule has 1 aliphatic rings. The molecule has 0 saturated carbocycles. The van der Waals surface area contributed by atoms with Gasteiger partial charge in [-0.25, -0.2) is 0 Å². The Kier molecular flexibility index (Phi) is 3.21. The second kappa shape index (κ2) is 4.62. The van der Waals surface area contributed by atoms with Crippen molar-refractivity contribution in [2.24, 2.45) is 0 Å². The van der Waals surface area contributed by atoms with Gasteiger partial charge in [-0.2, -0.15) is 0 Å². The molecule has 2 nitrogen and oxygen atoms in total. The Bertz CT molecular complexity index is 392. The smallest absolute Gasteiger partial charge is 0.251 e. The van der Waals surface area contributed by atoms with Crippen molar-refractivity contribution in [3.63, 3.8) is 0 Å². The molecule has 0 bridgehead atoms. The normalized spacial score (nSPS) is 15.5. The summed E-state index contributed by atoms with van der Waals surface area (Å²) in [6, 6.07) is 7.71. The largest absolute Gasteiger partial charge is 0.349 e. The van der Waals surface area contributed by atoms with Gasteiger partial charge in [-0.15, -0.1) is 0 Å². The third-order valence-electron chi connectivity index (χ3n) is 2.43. The molecule has 0 aromatic heterocycles. The number of benzene rings is 1. The highest BCUT2D eigenvalue weighted by Crippen LogP contribution is 2.13. The zero-order valence-corrected chi connectivity index (χ0v) is 9.83. The molecule has 1 N–H and O–H groups in total. The van der Waals surface area contributed by atoms with Crippen molar-refractivity contribution in [2.75, 3.05) is 0 Å². The predicted octanol–water partition coefficient (Wildman–Crippen LogP) is 2.90. The lowest BCUT2D eigenvalue weighted by molar-refractivity contribution is 0.0939. The summed E-state index contributed by atoms with van der Waals surface area (Å²) < 4.78 is 0.930. The van der Waals surface area contributed by atoms with Crippen molar-refractivity contribution < 1.29 is 4.79 Å². The summed E-state index contributed by atoms with van der Waals surface area (Å²) in [6.07, 6.45) is 6.09. The van der Waals surface area contributed by atoms with Crippen molar-refractivity contribution >= 4 is 21.8 Å². The first kappa shape index (κ1) is 10.4. The van der Waals surface area contributed by atoms with E-state index in [0.717, 1.165) is 17.3 Å². The van der Waals surface area contributed by atoms with Crippen molar-refractivity contribution in [2.45, 2.75) is 18.9 Å². The maximum absolute atomic E-state index is 11.8. The molecule has 1 amide bonds. The van der Waals surface area contributed by atoms with Crippen LogP contribution in [0.15, 0.2) is 40.9 Å². The van der Waals surface area contributed by atoms with Gasteiger partial charge in [-0.1, -0.05) is 34.1 Å². The average Bonchev–Trinajstić information content (AvgIpc) is 2.70. The topological polar surface area (TPSA) is 29.1 Å². The highest BCUT2D eigenvalue weighted by Gasteiger charge is 2.14. The van der Waals surface area contributed by atoms with E-state index in [1.807, 2.05) is 24.3 Å². The Labute approximate surface area is 97.5 Å². The Hall–Kier alpha value is -1.09. The quantitative estimate of drug-likeness (QED) is 0.819. The lowest BCUT2D eigenvalue weighted by Gasteiger charge is -2.11. The van der Waals surface area contributed by atoms with E-state index < -0.39 is 0 Å². The van der Waals surface area contributed by atoms with Gasteiger partial charge in [-0.3, -0.25) is 4.79 Å². The van der Waals surface area contributed by atoms with E-state index in [9.17, 15) is 4.79 Å². The summed E-state index contributed by atoms with van der Waals surface area (Å²) in [5, 5.41) is 3.00.